The molecule has 0 aliphatic carbocycles. The van der Waals surface area contributed by atoms with Crippen molar-refractivity contribution in [2.45, 2.75) is 18.7 Å². The molecule has 0 saturated heterocycles. The standard InChI is InChI=1S/C16H20N4OS/c1-10-14(11(2)18-16(17-10)20(3)4)19-15(21)12-6-8-13(22-5)9-7-12/h6-9H,1-5H3,(H,19,21). The molecule has 5 nitrogen and oxygen atoms in total. The van der Waals surface area contributed by atoms with Gasteiger partial charge in [0, 0.05) is 24.6 Å². The van der Waals surface area contributed by atoms with E-state index in [2.05, 4.69) is 15.3 Å². The molecule has 0 radical (unpaired) electrons. The van der Waals surface area contributed by atoms with Crippen LogP contribution in [0.4, 0.5) is 11.6 Å². The number of hydrogen-bond acceptors (Lipinski definition) is 5. The largest absolute Gasteiger partial charge is 0.347 e. The number of nitrogens with one attached hydrogen (secondary N) is 1. The van der Waals surface area contributed by atoms with Gasteiger partial charge in [0.25, 0.3) is 5.91 Å². The van der Waals surface area contributed by atoms with Gasteiger partial charge in [-0.05, 0) is 44.4 Å². The third kappa shape index (κ3) is 3.57. The minimum absolute atomic E-state index is 0.153. The van der Waals surface area contributed by atoms with Crippen molar-refractivity contribution in [1.82, 2.24) is 9.97 Å². The van der Waals surface area contributed by atoms with Gasteiger partial charge >= 0.3 is 0 Å². The van der Waals surface area contributed by atoms with Gasteiger partial charge in [-0.15, -0.1) is 11.8 Å². The summed E-state index contributed by atoms with van der Waals surface area (Å²) in [7, 11) is 3.78. The zero-order valence-electron chi connectivity index (χ0n) is 13.5. The second kappa shape index (κ2) is 6.79. The molecule has 1 aromatic heterocycles. The molecule has 1 aromatic carbocycles. The highest BCUT2D eigenvalue weighted by Gasteiger charge is 2.13. The lowest BCUT2D eigenvalue weighted by Crippen LogP contribution is -2.18. The number of rotatable bonds is 4. The van der Waals surface area contributed by atoms with Crippen LogP contribution < -0.4 is 10.2 Å². The van der Waals surface area contributed by atoms with E-state index in [9.17, 15) is 4.79 Å². The van der Waals surface area contributed by atoms with E-state index in [0.717, 1.165) is 16.3 Å². The van der Waals surface area contributed by atoms with E-state index < -0.39 is 0 Å². The van der Waals surface area contributed by atoms with E-state index in [1.807, 2.05) is 63.4 Å². The highest BCUT2D eigenvalue weighted by molar-refractivity contribution is 7.98. The Morgan fingerprint density at radius 2 is 1.64 bits per heavy atom. The predicted molar refractivity (Wildman–Crippen MR) is 92.0 cm³/mol. The molecular weight excluding hydrogens is 296 g/mol. The summed E-state index contributed by atoms with van der Waals surface area (Å²) in [5.41, 5.74) is 2.80. The third-order valence-electron chi connectivity index (χ3n) is 3.25. The molecule has 0 unspecified atom stereocenters. The van der Waals surface area contributed by atoms with Crippen LogP contribution >= 0.6 is 11.8 Å². The van der Waals surface area contributed by atoms with Gasteiger partial charge < -0.3 is 10.2 Å². The van der Waals surface area contributed by atoms with Gasteiger partial charge in [-0.1, -0.05) is 0 Å². The van der Waals surface area contributed by atoms with E-state index >= 15 is 0 Å². The van der Waals surface area contributed by atoms with Crippen molar-refractivity contribution in [2.75, 3.05) is 30.6 Å². The van der Waals surface area contributed by atoms with Gasteiger partial charge in [0.15, 0.2) is 0 Å². The normalized spacial score (nSPS) is 10.4. The van der Waals surface area contributed by atoms with Gasteiger partial charge in [0.2, 0.25) is 5.95 Å². The molecule has 22 heavy (non-hydrogen) atoms. The summed E-state index contributed by atoms with van der Waals surface area (Å²) in [6.07, 6.45) is 2.01. The Bertz CT molecular complexity index is 660. The average Bonchev–Trinajstić information content (AvgIpc) is 2.50. The Morgan fingerprint density at radius 1 is 1.09 bits per heavy atom. The molecule has 0 aliphatic heterocycles. The van der Waals surface area contributed by atoms with Crippen molar-refractivity contribution in [2.24, 2.45) is 0 Å². The Labute approximate surface area is 135 Å². The number of hydrogen-bond donors (Lipinski definition) is 1. The van der Waals surface area contributed by atoms with Crippen LogP contribution in [-0.2, 0) is 0 Å². The molecule has 1 N–H and O–H groups in total. The topological polar surface area (TPSA) is 58.1 Å². The van der Waals surface area contributed by atoms with Gasteiger partial charge in [-0.25, -0.2) is 9.97 Å². The van der Waals surface area contributed by atoms with Crippen molar-refractivity contribution in [3.05, 3.63) is 41.2 Å². The minimum Gasteiger partial charge on any atom is -0.347 e. The first-order chi connectivity index (χ1) is 10.4. The number of benzene rings is 1. The quantitative estimate of drug-likeness (QED) is 0.878. The number of nitrogens with zero attached hydrogens (tertiary/aromatic N) is 3. The van der Waals surface area contributed by atoms with Crippen LogP contribution in [0, 0.1) is 13.8 Å². The minimum atomic E-state index is -0.153. The lowest BCUT2D eigenvalue weighted by molar-refractivity contribution is 0.102. The van der Waals surface area contributed by atoms with Crippen LogP contribution in [0.5, 0.6) is 0 Å². The van der Waals surface area contributed by atoms with E-state index in [-0.39, 0.29) is 5.91 Å². The monoisotopic (exact) mass is 316 g/mol. The molecule has 0 fully saturated rings. The summed E-state index contributed by atoms with van der Waals surface area (Å²) in [6.45, 7) is 3.74. The van der Waals surface area contributed by atoms with Crippen LogP contribution in [0.3, 0.4) is 0 Å². The Hall–Kier alpha value is -2.08. The van der Waals surface area contributed by atoms with Gasteiger partial charge in [0.1, 0.15) is 0 Å². The fraction of sp³-hybridized carbons (Fsp3) is 0.312. The van der Waals surface area contributed by atoms with Crippen LogP contribution in [0.1, 0.15) is 21.7 Å². The molecule has 1 heterocycles. The van der Waals surface area contributed by atoms with Crippen molar-refractivity contribution >= 4 is 29.3 Å². The lowest BCUT2D eigenvalue weighted by Gasteiger charge is -2.15. The summed E-state index contributed by atoms with van der Waals surface area (Å²) >= 11 is 1.65. The summed E-state index contributed by atoms with van der Waals surface area (Å²) in [5.74, 6) is 0.484. The molecule has 2 aromatic rings. The van der Waals surface area contributed by atoms with E-state index in [1.54, 1.807) is 11.8 Å². The fourth-order valence-corrected chi connectivity index (χ4v) is 2.42. The average molecular weight is 316 g/mol. The SMILES string of the molecule is CSc1ccc(C(=O)Nc2c(C)nc(N(C)C)nc2C)cc1. The molecule has 0 atom stereocenters. The Morgan fingerprint density at radius 3 is 2.09 bits per heavy atom. The van der Waals surface area contributed by atoms with Crippen molar-refractivity contribution in [1.29, 1.82) is 0 Å². The summed E-state index contributed by atoms with van der Waals surface area (Å²) in [5, 5.41) is 2.91. The maximum Gasteiger partial charge on any atom is 0.255 e. The lowest BCUT2D eigenvalue weighted by atomic mass is 10.2. The summed E-state index contributed by atoms with van der Waals surface area (Å²) in [4.78, 5) is 24.1. The van der Waals surface area contributed by atoms with Crippen molar-refractivity contribution in [3.8, 4) is 0 Å². The van der Waals surface area contributed by atoms with Crippen LogP contribution in [0.15, 0.2) is 29.2 Å². The third-order valence-corrected chi connectivity index (χ3v) is 3.99. The fourth-order valence-electron chi connectivity index (χ4n) is 2.01. The smallest absolute Gasteiger partial charge is 0.255 e. The number of amides is 1. The van der Waals surface area contributed by atoms with E-state index in [4.69, 9.17) is 0 Å². The highest BCUT2D eigenvalue weighted by atomic mass is 32.2. The first-order valence-electron chi connectivity index (χ1n) is 6.90. The van der Waals surface area contributed by atoms with Gasteiger partial charge in [0.05, 0.1) is 17.1 Å². The van der Waals surface area contributed by atoms with Crippen molar-refractivity contribution in [3.63, 3.8) is 0 Å². The van der Waals surface area contributed by atoms with Crippen molar-refractivity contribution < 1.29 is 4.79 Å². The van der Waals surface area contributed by atoms with Gasteiger partial charge in [-0.2, -0.15) is 0 Å². The molecule has 0 bridgehead atoms. The number of aromatic nitrogens is 2. The van der Waals surface area contributed by atoms with Crippen LogP contribution in [-0.4, -0.2) is 36.2 Å². The molecule has 0 spiro atoms. The first-order valence-corrected chi connectivity index (χ1v) is 8.13. The number of carbonyl (C=O) groups excluding carboxylic acids is 1. The van der Waals surface area contributed by atoms with Crippen LogP contribution in [0.2, 0.25) is 0 Å². The molecule has 6 heteroatoms. The van der Waals surface area contributed by atoms with Crippen LogP contribution in [0.25, 0.3) is 0 Å². The van der Waals surface area contributed by atoms with Gasteiger partial charge in [-0.3, -0.25) is 4.79 Å². The zero-order chi connectivity index (χ0) is 16.3. The van der Waals surface area contributed by atoms with E-state index in [1.165, 1.54) is 0 Å². The maximum absolute atomic E-state index is 12.4. The molecule has 0 aliphatic rings. The Balaban J connectivity index is 2.24. The molecule has 1 amide bonds. The molecule has 0 saturated carbocycles. The molecular formula is C16H20N4OS. The highest BCUT2D eigenvalue weighted by Crippen LogP contribution is 2.21. The summed E-state index contributed by atoms with van der Waals surface area (Å²) in [6, 6.07) is 7.51. The second-order valence-corrected chi connectivity index (χ2v) is 6.03. The zero-order valence-corrected chi connectivity index (χ0v) is 14.3. The molecule has 2 rings (SSSR count). The van der Waals surface area contributed by atoms with E-state index in [0.29, 0.717) is 17.2 Å². The number of thioether (sulfide) groups is 1. The Kier molecular flexibility index (Phi) is 5.03. The predicted octanol–water partition coefficient (Wildman–Crippen LogP) is 3.13. The number of carbonyl (C=O) groups is 1. The summed E-state index contributed by atoms with van der Waals surface area (Å²) < 4.78 is 0. The number of aryl methyl sites for hydroxylation is 2. The first kappa shape index (κ1) is 16.3. The maximum atomic E-state index is 12.4. The number of anilines is 2. The molecule has 116 valence electrons. The second-order valence-electron chi connectivity index (χ2n) is 5.15.